The van der Waals surface area contributed by atoms with E-state index in [1.807, 2.05) is 0 Å². The van der Waals surface area contributed by atoms with Crippen molar-refractivity contribution in [3.63, 3.8) is 0 Å². The van der Waals surface area contributed by atoms with Gasteiger partial charge in [0, 0.05) is 17.3 Å². The molecule has 2 rings (SSSR count). The number of aromatic nitrogens is 1. The average Bonchev–Trinajstić information content (AvgIpc) is 2.77. The number of rotatable bonds is 5. The molecule has 0 fully saturated rings. The predicted octanol–water partition coefficient (Wildman–Crippen LogP) is 4.28. The third kappa shape index (κ3) is 3.45. The summed E-state index contributed by atoms with van der Waals surface area (Å²) in [4.78, 5) is 27.1. The Balaban J connectivity index is 2.24. The number of nitrogens with one attached hydrogen (secondary N) is 1. The van der Waals surface area contributed by atoms with Crippen LogP contribution in [-0.2, 0) is 0 Å². The number of Topliss-reactive ketones (excluding diaryl/α,β-unsaturated/α-hetero) is 2. The van der Waals surface area contributed by atoms with Crippen LogP contribution in [0.4, 0.5) is 4.39 Å². The zero-order valence-corrected chi connectivity index (χ0v) is 14.0. The summed E-state index contributed by atoms with van der Waals surface area (Å²) >= 11 is 5.69. The highest BCUT2D eigenvalue weighted by Crippen LogP contribution is 2.24. The molecule has 0 amide bonds. The largest absolute Gasteiger partial charge is 0.482 e. The summed E-state index contributed by atoms with van der Waals surface area (Å²) in [5.74, 6) is -0.655. The molecule has 6 heteroatoms. The number of halogens is 2. The summed E-state index contributed by atoms with van der Waals surface area (Å²) in [7, 11) is 0. The van der Waals surface area contributed by atoms with Gasteiger partial charge in [-0.15, -0.1) is 0 Å². The molecule has 0 spiro atoms. The number of aromatic amines is 1. The lowest BCUT2D eigenvalue weighted by atomic mass is 10.0. The van der Waals surface area contributed by atoms with Gasteiger partial charge in [0.15, 0.2) is 11.9 Å². The summed E-state index contributed by atoms with van der Waals surface area (Å²) in [6.45, 7) is 6.50. The highest BCUT2D eigenvalue weighted by molar-refractivity contribution is 6.30. The van der Waals surface area contributed by atoms with Crippen molar-refractivity contribution < 1.29 is 18.7 Å². The van der Waals surface area contributed by atoms with E-state index in [0.717, 1.165) is 0 Å². The van der Waals surface area contributed by atoms with Gasteiger partial charge >= 0.3 is 0 Å². The van der Waals surface area contributed by atoms with Crippen LogP contribution in [0.1, 0.15) is 46.0 Å². The Labute approximate surface area is 138 Å². The van der Waals surface area contributed by atoms with E-state index in [1.165, 1.54) is 25.1 Å². The highest BCUT2D eigenvalue weighted by Gasteiger charge is 2.24. The van der Waals surface area contributed by atoms with E-state index >= 15 is 0 Å². The zero-order valence-electron chi connectivity index (χ0n) is 13.3. The number of aryl methyl sites for hydroxylation is 1. The number of carbonyl (C=O) groups is 2. The molecule has 4 nitrogen and oxygen atoms in total. The van der Waals surface area contributed by atoms with E-state index < -0.39 is 11.9 Å². The lowest BCUT2D eigenvalue weighted by Gasteiger charge is -2.14. The first kappa shape index (κ1) is 17.2. The summed E-state index contributed by atoms with van der Waals surface area (Å²) < 4.78 is 18.7. The molecule has 1 aromatic heterocycles. The van der Waals surface area contributed by atoms with Gasteiger partial charge in [0.05, 0.1) is 10.7 Å². The number of ether oxygens (including phenoxy) is 1. The molecule has 1 unspecified atom stereocenters. The van der Waals surface area contributed by atoms with E-state index in [-0.39, 0.29) is 16.6 Å². The second-order valence-electron chi connectivity index (χ2n) is 5.38. The van der Waals surface area contributed by atoms with Crippen LogP contribution in [-0.4, -0.2) is 22.7 Å². The maximum Gasteiger partial charge on any atom is 0.219 e. The number of H-pyrrole nitrogens is 1. The standard InChI is InChI=1S/C17H17ClFNO3/c1-8-15(10(3)21)9(2)20-16(8)17(22)11(4)23-12-5-6-14(19)13(18)7-12/h5-7,11,20H,1-4H3. The van der Waals surface area contributed by atoms with Crippen LogP contribution >= 0.6 is 11.6 Å². The van der Waals surface area contributed by atoms with Gasteiger partial charge in [0.25, 0.3) is 0 Å². The number of ketones is 2. The molecule has 0 bridgehead atoms. The molecular weight excluding hydrogens is 321 g/mol. The van der Waals surface area contributed by atoms with Crippen molar-refractivity contribution in [1.82, 2.24) is 4.98 Å². The maximum absolute atomic E-state index is 13.1. The van der Waals surface area contributed by atoms with Crippen molar-refractivity contribution >= 4 is 23.2 Å². The molecule has 0 radical (unpaired) electrons. The van der Waals surface area contributed by atoms with Crippen LogP contribution < -0.4 is 4.74 Å². The van der Waals surface area contributed by atoms with Gasteiger partial charge in [-0.05, 0) is 45.4 Å². The van der Waals surface area contributed by atoms with Gasteiger partial charge in [-0.1, -0.05) is 11.6 Å². The Morgan fingerprint density at radius 1 is 1.30 bits per heavy atom. The number of benzene rings is 1. The van der Waals surface area contributed by atoms with Crippen molar-refractivity contribution in [2.75, 3.05) is 0 Å². The van der Waals surface area contributed by atoms with Crippen molar-refractivity contribution in [3.05, 3.63) is 51.6 Å². The SMILES string of the molecule is CC(=O)c1c(C)[nH]c(C(=O)C(C)Oc2ccc(F)c(Cl)c2)c1C. The van der Waals surface area contributed by atoms with Gasteiger partial charge in [-0.2, -0.15) is 0 Å². The smallest absolute Gasteiger partial charge is 0.219 e. The van der Waals surface area contributed by atoms with Crippen LogP contribution in [0.5, 0.6) is 5.75 Å². The molecule has 0 aliphatic rings. The lowest BCUT2D eigenvalue weighted by Crippen LogP contribution is -2.25. The molecular formula is C17H17ClFNO3. The van der Waals surface area contributed by atoms with Crippen LogP contribution in [0.2, 0.25) is 5.02 Å². The van der Waals surface area contributed by atoms with E-state index in [2.05, 4.69) is 4.98 Å². The quantitative estimate of drug-likeness (QED) is 0.828. The zero-order chi connectivity index (χ0) is 17.3. The third-order valence-electron chi connectivity index (χ3n) is 3.61. The van der Waals surface area contributed by atoms with Gasteiger partial charge in [0.2, 0.25) is 5.78 Å². The van der Waals surface area contributed by atoms with Crippen LogP contribution in [0.25, 0.3) is 0 Å². The van der Waals surface area contributed by atoms with Crippen LogP contribution in [0.3, 0.4) is 0 Å². The Morgan fingerprint density at radius 2 is 1.96 bits per heavy atom. The van der Waals surface area contributed by atoms with Crippen molar-refractivity contribution in [2.45, 2.75) is 33.8 Å². The summed E-state index contributed by atoms with van der Waals surface area (Å²) in [5.41, 5.74) is 2.11. The Kier molecular flexibility index (Phi) is 4.90. The maximum atomic E-state index is 13.1. The predicted molar refractivity (Wildman–Crippen MR) is 86.1 cm³/mol. The van der Waals surface area contributed by atoms with Gasteiger partial charge in [-0.3, -0.25) is 9.59 Å². The first-order valence-electron chi connectivity index (χ1n) is 7.08. The summed E-state index contributed by atoms with van der Waals surface area (Å²) in [6, 6.07) is 3.89. The fraction of sp³-hybridized carbons (Fsp3) is 0.294. The van der Waals surface area contributed by atoms with E-state index in [4.69, 9.17) is 16.3 Å². The molecule has 0 saturated carbocycles. The number of hydrogen-bond donors (Lipinski definition) is 1. The minimum absolute atomic E-state index is 0.0760. The number of carbonyl (C=O) groups excluding carboxylic acids is 2. The van der Waals surface area contributed by atoms with E-state index in [9.17, 15) is 14.0 Å². The Hall–Kier alpha value is -2.14. The van der Waals surface area contributed by atoms with E-state index in [1.54, 1.807) is 20.8 Å². The first-order chi connectivity index (χ1) is 10.7. The second kappa shape index (κ2) is 6.54. The van der Waals surface area contributed by atoms with Gasteiger partial charge in [0.1, 0.15) is 11.6 Å². The molecule has 23 heavy (non-hydrogen) atoms. The fourth-order valence-electron chi connectivity index (χ4n) is 2.54. The molecule has 0 aliphatic heterocycles. The Bertz CT molecular complexity index is 782. The molecule has 1 heterocycles. The lowest BCUT2D eigenvalue weighted by molar-refractivity contribution is 0.0812. The molecule has 1 aromatic carbocycles. The van der Waals surface area contributed by atoms with Crippen LogP contribution in [0, 0.1) is 19.7 Å². The summed E-state index contributed by atoms with van der Waals surface area (Å²) in [5, 5.41) is -0.0760. The monoisotopic (exact) mass is 337 g/mol. The molecule has 122 valence electrons. The molecule has 2 aromatic rings. The first-order valence-corrected chi connectivity index (χ1v) is 7.46. The summed E-state index contributed by atoms with van der Waals surface area (Å²) in [6.07, 6.45) is -0.812. The van der Waals surface area contributed by atoms with E-state index in [0.29, 0.717) is 28.3 Å². The minimum Gasteiger partial charge on any atom is -0.482 e. The van der Waals surface area contributed by atoms with Crippen molar-refractivity contribution in [3.8, 4) is 5.75 Å². The molecule has 1 N–H and O–H groups in total. The van der Waals surface area contributed by atoms with Gasteiger partial charge < -0.3 is 9.72 Å². The van der Waals surface area contributed by atoms with Crippen LogP contribution in [0.15, 0.2) is 18.2 Å². The molecule has 0 saturated heterocycles. The van der Waals surface area contributed by atoms with Crippen molar-refractivity contribution in [2.24, 2.45) is 0 Å². The van der Waals surface area contributed by atoms with Gasteiger partial charge in [-0.25, -0.2) is 4.39 Å². The average molecular weight is 338 g/mol. The third-order valence-corrected chi connectivity index (χ3v) is 3.90. The fourth-order valence-corrected chi connectivity index (χ4v) is 2.71. The van der Waals surface area contributed by atoms with Crippen molar-refractivity contribution in [1.29, 1.82) is 0 Å². The highest BCUT2D eigenvalue weighted by atomic mass is 35.5. The Morgan fingerprint density at radius 3 is 2.48 bits per heavy atom. The number of hydrogen-bond acceptors (Lipinski definition) is 3. The second-order valence-corrected chi connectivity index (χ2v) is 5.79. The molecule has 0 aliphatic carbocycles. The normalized spacial score (nSPS) is 12.1. The minimum atomic E-state index is -0.812. The molecule has 1 atom stereocenters. The topological polar surface area (TPSA) is 59.2 Å².